The van der Waals surface area contributed by atoms with Gasteiger partial charge in [0, 0.05) is 24.8 Å². The molecule has 0 aromatic carbocycles. The molecule has 0 aliphatic heterocycles. The van der Waals surface area contributed by atoms with Crippen molar-refractivity contribution in [2.45, 2.75) is 20.0 Å². The second-order valence-electron chi connectivity index (χ2n) is 4.28. The minimum atomic E-state index is -0.604. The van der Waals surface area contributed by atoms with Crippen LogP contribution in [0.15, 0.2) is 18.5 Å². The van der Waals surface area contributed by atoms with Crippen LogP contribution in [-0.2, 0) is 24.9 Å². The molecule has 0 aliphatic carbocycles. The summed E-state index contributed by atoms with van der Waals surface area (Å²) in [6.07, 6.45) is 3.08. The summed E-state index contributed by atoms with van der Waals surface area (Å²) in [4.78, 5) is 21.6. The number of nitrogens with one attached hydrogen (secondary N) is 1. The third kappa shape index (κ3) is 2.99. The highest BCUT2D eigenvalue weighted by Crippen LogP contribution is 2.06. The second-order valence-corrected chi connectivity index (χ2v) is 4.28. The molecule has 0 spiro atoms. The molecule has 2 rings (SSSR count). The Kier molecular flexibility index (Phi) is 3.78. The van der Waals surface area contributed by atoms with E-state index < -0.39 is 4.92 Å². The highest BCUT2D eigenvalue weighted by Gasteiger charge is 2.13. The van der Waals surface area contributed by atoms with Gasteiger partial charge in [-0.15, -0.1) is 0 Å². The van der Waals surface area contributed by atoms with Crippen LogP contribution in [0.5, 0.6) is 0 Å². The van der Waals surface area contributed by atoms with Gasteiger partial charge >= 0.3 is 5.82 Å². The van der Waals surface area contributed by atoms with Crippen LogP contribution in [0.4, 0.5) is 5.82 Å². The summed E-state index contributed by atoms with van der Waals surface area (Å²) in [5.41, 5.74) is 1.90. The fourth-order valence-corrected chi connectivity index (χ4v) is 1.65. The summed E-state index contributed by atoms with van der Waals surface area (Å²) in [6, 6.07) is 1.25. The lowest BCUT2D eigenvalue weighted by atomic mass is 10.2. The Morgan fingerprint density at radius 2 is 2.30 bits per heavy atom. The Labute approximate surface area is 114 Å². The molecule has 2 aromatic rings. The van der Waals surface area contributed by atoms with Crippen LogP contribution in [0, 0.1) is 17.0 Å². The summed E-state index contributed by atoms with van der Waals surface area (Å²) < 4.78 is 2.95. The van der Waals surface area contributed by atoms with Crippen molar-refractivity contribution in [1.82, 2.24) is 24.9 Å². The standard InChI is InChI=1S/C11H14N6O3/c1-8-9(6-13-15(8)2)5-12-11(18)7-16-4-3-10(14-16)17(19)20/h3-4,6H,5,7H2,1-2H3,(H,12,18). The van der Waals surface area contributed by atoms with Gasteiger partial charge in [0.25, 0.3) is 0 Å². The smallest absolute Gasteiger partial charge is 0.358 e. The average Bonchev–Trinajstić information content (AvgIpc) is 2.97. The summed E-state index contributed by atoms with van der Waals surface area (Å²) in [7, 11) is 1.82. The highest BCUT2D eigenvalue weighted by atomic mass is 16.6. The number of nitrogens with zero attached hydrogens (tertiary/aromatic N) is 5. The predicted octanol–water partition coefficient (Wildman–Crippen LogP) is 0.150. The first-order chi connectivity index (χ1) is 9.47. The molecule has 9 nitrogen and oxygen atoms in total. The van der Waals surface area contributed by atoms with E-state index in [-0.39, 0.29) is 18.3 Å². The molecule has 0 bridgehead atoms. The molecule has 0 radical (unpaired) electrons. The second kappa shape index (κ2) is 5.51. The lowest BCUT2D eigenvalue weighted by molar-refractivity contribution is -0.389. The molecule has 9 heteroatoms. The first kappa shape index (κ1) is 13.7. The maximum atomic E-state index is 11.7. The van der Waals surface area contributed by atoms with Crippen LogP contribution in [0.3, 0.4) is 0 Å². The molecule has 106 valence electrons. The maximum Gasteiger partial charge on any atom is 0.389 e. The molecule has 2 heterocycles. The predicted molar refractivity (Wildman–Crippen MR) is 68.7 cm³/mol. The number of aryl methyl sites for hydroxylation is 1. The zero-order chi connectivity index (χ0) is 14.7. The minimum absolute atomic E-state index is 0.0624. The van der Waals surface area contributed by atoms with Gasteiger partial charge in [0.05, 0.1) is 23.6 Å². The third-order valence-electron chi connectivity index (χ3n) is 2.93. The number of carbonyl (C=O) groups excluding carboxylic acids is 1. The fraction of sp³-hybridized carbons (Fsp3) is 0.364. The van der Waals surface area contributed by atoms with E-state index in [4.69, 9.17) is 0 Å². The normalized spacial score (nSPS) is 10.5. The SMILES string of the molecule is Cc1c(CNC(=O)Cn2ccc([N+](=O)[O-])n2)cnn1C. The van der Waals surface area contributed by atoms with Crippen LogP contribution in [0.2, 0.25) is 0 Å². The first-order valence-electron chi connectivity index (χ1n) is 5.89. The lowest BCUT2D eigenvalue weighted by Gasteiger charge is -2.03. The maximum absolute atomic E-state index is 11.7. The van der Waals surface area contributed by atoms with Gasteiger partial charge < -0.3 is 15.4 Å². The molecule has 0 saturated heterocycles. The molecule has 0 atom stereocenters. The van der Waals surface area contributed by atoms with Crippen LogP contribution in [0.1, 0.15) is 11.3 Å². The summed E-state index contributed by atoms with van der Waals surface area (Å²) in [6.45, 7) is 2.21. The van der Waals surface area contributed by atoms with Crippen LogP contribution >= 0.6 is 0 Å². The van der Waals surface area contributed by atoms with Gasteiger partial charge in [-0.25, -0.2) is 0 Å². The van der Waals surface area contributed by atoms with Crippen LogP contribution < -0.4 is 5.32 Å². The lowest BCUT2D eigenvalue weighted by Crippen LogP contribution is -2.27. The van der Waals surface area contributed by atoms with Crippen molar-refractivity contribution < 1.29 is 9.72 Å². The van der Waals surface area contributed by atoms with Crippen molar-refractivity contribution in [2.24, 2.45) is 7.05 Å². The van der Waals surface area contributed by atoms with Gasteiger partial charge in [0.2, 0.25) is 5.91 Å². The van der Waals surface area contributed by atoms with E-state index in [9.17, 15) is 14.9 Å². The number of hydrogen-bond donors (Lipinski definition) is 1. The van der Waals surface area contributed by atoms with E-state index in [1.165, 1.54) is 16.9 Å². The molecule has 0 unspecified atom stereocenters. The first-order valence-corrected chi connectivity index (χ1v) is 5.89. The van der Waals surface area contributed by atoms with Crippen LogP contribution in [-0.4, -0.2) is 30.4 Å². The van der Waals surface area contributed by atoms with Gasteiger partial charge in [0.15, 0.2) is 0 Å². The molecule has 1 N–H and O–H groups in total. The number of aromatic nitrogens is 4. The van der Waals surface area contributed by atoms with Crippen molar-refractivity contribution in [2.75, 3.05) is 0 Å². The number of carbonyl (C=O) groups is 1. The van der Waals surface area contributed by atoms with Gasteiger partial charge in [-0.1, -0.05) is 0 Å². The third-order valence-corrected chi connectivity index (χ3v) is 2.93. The quantitative estimate of drug-likeness (QED) is 0.618. The zero-order valence-corrected chi connectivity index (χ0v) is 11.1. The molecule has 20 heavy (non-hydrogen) atoms. The molecular formula is C11H14N6O3. The monoisotopic (exact) mass is 278 g/mol. The topological polar surface area (TPSA) is 108 Å². The van der Waals surface area contributed by atoms with E-state index in [2.05, 4.69) is 15.5 Å². The Balaban J connectivity index is 1.89. The highest BCUT2D eigenvalue weighted by molar-refractivity contribution is 5.75. The van der Waals surface area contributed by atoms with E-state index >= 15 is 0 Å². The Hall–Kier alpha value is -2.71. The van der Waals surface area contributed by atoms with Crippen LogP contribution in [0.25, 0.3) is 0 Å². The Morgan fingerprint density at radius 3 is 2.85 bits per heavy atom. The van der Waals surface area contributed by atoms with Crippen molar-refractivity contribution >= 4 is 11.7 Å². The van der Waals surface area contributed by atoms with Gasteiger partial charge in [0.1, 0.15) is 6.54 Å². The number of nitro groups is 1. The van der Waals surface area contributed by atoms with E-state index in [0.717, 1.165) is 11.3 Å². The van der Waals surface area contributed by atoms with Crippen molar-refractivity contribution in [1.29, 1.82) is 0 Å². The van der Waals surface area contributed by atoms with E-state index in [1.807, 2.05) is 14.0 Å². The molecule has 1 amide bonds. The molecule has 0 fully saturated rings. The molecular weight excluding hydrogens is 264 g/mol. The van der Waals surface area contributed by atoms with Gasteiger partial charge in [-0.2, -0.15) is 9.78 Å². The number of hydrogen-bond acceptors (Lipinski definition) is 5. The average molecular weight is 278 g/mol. The molecule has 0 aliphatic rings. The van der Waals surface area contributed by atoms with Crippen molar-refractivity contribution in [3.63, 3.8) is 0 Å². The van der Waals surface area contributed by atoms with Crippen molar-refractivity contribution in [3.05, 3.63) is 39.8 Å². The fourth-order valence-electron chi connectivity index (χ4n) is 1.65. The number of rotatable bonds is 5. The summed E-state index contributed by atoms with van der Waals surface area (Å²) >= 11 is 0. The molecule has 2 aromatic heterocycles. The van der Waals surface area contributed by atoms with E-state index in [0.29, 0.717) is 6.54 Å². The summed E-state index contributed by atoms with van der Waals surface area (Å²) in [5.74, 6) is -0.549. The molecule has 0 saturated carbocycles. The summed E-state index contributed by atoms with van der Waals surface area (Å²) in [5, 5.41) is 20.9. The van der Waals surface area contributed by atoms with Gasteiger partial charge in [-0.3, -0.25) is 9.48 Å². The minimum Gasteiger partial charge on any atom is -0.358 e. The Morgan fingerprint density at radius 1 is 1.55 bits per heavy atom. The van der Waals surface area contributed by atoms with E-state index in [1.54, 1.807) is 10.9 Å². The largest absolute Gasteiger partial charge is 0.389 e. The van der Waals surface area contributed by atoms with Gasteiger partial charge in [-0.05, 0) is 11.8 Å². The number of amides is 1. The van der Waals surface area contributed by atoms with Crippen molar-refractivity contribution in [3.8, 4) is 0 Å². The zero-order valence-electron chi connectivity index (χ0n) is 11.1. The Bertz CT molecular complexity index is 644.